The second-order valence-electron chi connectivity index (χ2n) is 16.4. The number of amides is 2. The van der Waals surface area contributed by atoms with E-state index in [9.17, 15) is 58.2 Å². The van der Waals surface area contributed by atoms with Gasteiger partial charge in [-0.2, -0.15) is 4.31 Å². The van der Waals surface area contributed by atoms with E-state index in [0.717, 1.165) is 48.2 Å². The number of carbonyl (C=O) groups is 3. The lowest BCUT2D eigenvalue weighted by atomic mass is 9.87. The van der Waals surface area contributed by atoms with Crippen LogP contribution in [0.1, 0.15) is 123 Å². The number of fused-ring (bicyclic) bond motifs is 1. The van der Waals surface area contributed by atoms with Crippen molar-refractivity contribution in [2.24, 2.45) is 5.41 Å². The Morgan fingerprint density at radius 3 is 2.18 bits per heavy atom. The Balaban J connectivity index is 1.33. The molecule has 7 unspecified atom stereocenters. The zero-order valence-electron chi connectivity index (χ0n) is 37.8. The number of aliphatic hydroxyl groups is 2. The molecule has 2 aromatic heterocycles. The molecule has 1 fully saturated rings. The SMILES string of the molecule is CCCCCCCCCCCCCCCC(=O)SCCNC(=O)CCNC(=O)C(O)C(C)(C)COOP(=O)(O[O-])OP(=O)(O)OCC1OC(n2cnc3c(N)ncnc32)C(O)C1OP(=O)(O)O. The lowest BCUT2D eigenvalue weighted by molar-refractivity contribution is -0.645. The number of hydrogen-bond donors (Lipinski definition) is 8. The first-order chi connectivity index (χ1) is 31.6. The van der Waals surface area contributed by atoms with E-state index in [1.165, 1.54) is 78.1 Å². The van der Waals surface area contributed by atoms with Gasteiger partial charge in [0.05, 0.1) is 19.5 Å². The monoisotopic (exact) mass is 1040 g/mol. The van der Waals surface area contributed by atoms with Crippen molar-refractivity contribution in [3.63, 3.8) is 0 Å². The molecular formula is C37H65N7O19P3S-. The van der Waals surface area contributed by atoms with Gasteiger partial charge in [0, 0.05) is 37.1 Å². The summed E-state index contributed by atoms with van der Waals surface area (Å²) >= 11 is 1.15. The summed E-state index contributed by atoms with van der Waals surface area (Å²) in [6, 6.07) is 0. The third-order valence-corrected chi connectivity index (χ3v) is 14.3. The smallest absolute Gasteiger partial charge is 0.501 e. The van der Waals surface area contributed by atoms with Gasteiger partial charge in [0.25, 0.3) is 0 Å². The van der Waals surface area contributed by atoms with E-state index < -0.39 is 84.6 Å². The van der Waals surface area contributed by atoms with Crippen LogP contribution in [0.3, 0.4) is 0 Å². The van der Waals surface area contributed by atoms with Gasteiger partial charge in [-0.25, -0.2) is 33.5 Å². The molecule has 0 radical (unpaired) electrons. The van der Waals surface area contributed by atoms with Gasteiger partial charge < -0.3 is 55.9 Å². The molecule has 1 saturated heterocycles. The first-order valence-corrected chi connectivity index (χ1v) is 27.4. The molecule has 2 aromatic rings. The number of nitrogen functional groups attached to an aromatic ring is 1. The van der Waals surface area contributed by atoms with Crippen molar-refractivity contribution in [3.8, 4) is 0 Å². The molecule has 3 heterocycles. The fourth-order valence-electron chi connectivity index (χ4n) is 6.66. The maximum Gasteiger partial charge on any atom is 0.501 e. The summed E-state index contributed by atoms with van der Waals surface area (Å²) in [5.74, 6) is -1.03. The van der Waals surface area contributed by atoms with Crippen LogP contribution in [0.5, 0.6) is 0 Å². The highest BCUT2D eigenvalue weighted by molar-refractivity contribution is 8.13. The van der Waals surface area contributed by atoms with Gasteiger partial charge in [0.15, 0.2) is 22.8 Å². The third-order valence-electron chi connectivity index (χ3n) is 10.3. The quantitative estimate of drug-likeness (QED) is 0.0212. The number of aliphatic hydroxyl groups excluding tert-OH is 2. The third kappa shape index (κ3) is 21.2. The van der Waals surface area contributed by atoms with E-state index in [1.54, 1.807) is 0 Å². The number of ether oxygens (including phenoxy) is 1. The minimum Gasteiger partial charge on any atom is -0.714 e. The van der Waals surface area contributed by atoms with Crippen molar-refractivity contribution in [3.05, 3.63) is 12.7 Å². The number of aromatic nitrogens is 4. The number of anilines is 1. The summed E-state index contributed by atoms with van der Waals surface area (Å²) in [6.07, 6.45) is 9.31. The molecule has 7 atom stereocenters. The van der Waals surface area contributed by atoms with E-state index in [0.29, 0.717) is 12.2 Å². The maximum absolute atomic E-state index is 12.8. The van der Waals surface area contributed by atoms with E-state index in [4.69, 9.17) is 15.0 Å². The molecule has 0 bridgehead atoms. The fraction of sp³-hybridized carbons (Fsp3) is 0.784. The Morgan fingerprint density at radius 2 is 1.57 bits per heavy atom. The van der Waals surface area contributed by atoms with Crippen LogP contribution in [-0.2, 0) is 60.4 Å². The molecule has 0 aliphatic carbocycles. The highest BCUT2D eigenvalue weighted by atomic mass is 32.2. The topological polar surface area (TPSA) is 385 Å². The summed E-state index contributed by atoms with van der Waals surface area (Å²) in [6.45, 7) is 2.85. The van der Waals surface area contributed by atoms with Gasteiger partial charge in [-0.3, -0.25) is 28.0 Å². The Kier molecular flexibility index (Phi) is 25.4. The normalized spacial score (nSPS) is 20.1. The molecule has 384 valence electrons. The summed E-state index contributed by atoms with van der Waals surface area (Å²) in [5.41, 5.74) is 4.29. The summed E-state index contributed by atoms with van der Waals surface area (Å²) in [7, 11) is -16.7. The number of nitrogens with zero attached hydrogens (tertiary/aromatic N) is 4. The number of carbonyl (C=O) groups excluding carboxylic acids is 3. The molecule has 26 nitrogen and oxygen atoms in total. The molecule has 2 amide bonds. The van der Waals surface area contributed by atoms with Gasteiger partial charge in [0.1, 0.15) is 36.3 Å². The number of thioether (sulfide) groups is 1. The number of phosphoric acid groups is 3. The molecule has 0 aromatic carbocycles. The number of nitrogens with one attached hydrogen (secondary N) is 2. The zero-order valence-corrected chi connectivity index (χ0v) is 41.3. The Morgan fingerprint density at radius 1 is 0.940 bits per heavy atom. The van der Waals surface area contributed by atoms with Crippen LogP contribution < -0.4 is 21.6 Å². The Hall–Kier alpha value is -2.52. The van der Waals surface area contributed by atoms with Crippen molar-refractivity contribution in [2.75, 3.05) is 37.8 Å². The van der Waals surface area contributed by atoms with Crippen molar-refractivity contribution in [1.82, 2.24) is 30.2 Å². The number of hydrogen-bond acceptors (Lipinski definition) is 21. The van der Waals surface area contributed by atoms with E-state index in [-0.39, 0.29) is 41.6 Å². The highest BCUT2D eigenvalue weighted by Gasteiger charge is 2.50. The average molecular weight is 1040 g/mol. The number of nitrogens with two attached hydrogens (primary N) is 1. The molecule has 0 spiro atoms. The van der Waals surface area contributed by atoms with Gasteiger partial charge >= 0.3 is 23.5 Å². The van der Waals surface area contributed by atoms with Crippen LogP contribution in [0.4, 0.5) is 5.82 Å². The summed E-state index contributed by atoms with van der Waals surface area (Å²) < 4.78 is 65.2. The van der Waals surface area contributed by atoms with Crippen molar-refractivity contribution in [2.45, 2.75) is 148 Å². The fourth-order valence-corrected chi connectivity index (χ4v) is 9.92. The molecule has 3 rings (SSSR count). The average Bonchev–Trinajstić information content (AvgIpc) is 3.82. The predicted octanol–water partition coefficient (Wildman–Crippen LogP) is 3.38. The zero-order chi connectivity index (χ0) is 49.7. The molecule has 1 aliphatic rings. The van der Waals surface area contributed by atoms with Gasteiger partial charge in [-0.1, -0.05) is 110 Å². The number of phosphoric ester groups is 2. The second-order valence-corrected chi connectivity index (χ2v) is 21.8. The molecule has 30 heteroatoms. The minimum atomic E-state index is -5.69. The number of imidazole rings is 1. The lowest BCUT2D eigenvalue weighted by Crippen LogP contribution is -2.46. The molecule has 1 aliphatic heterocycles. The van der Waals surface area contributed by atoms with Crippen molar-refractivity contribution < 1.29 is 90.6 Å². The summed E-state index contributed by atoms with van der Waals surface area (Å²) in [4.78, 5) is 82.7. The molecule has 67 heavy (non-hydrogen) atoms. The van der Waals surface area contributed by atoms with Crippen molar-refractivity contribution in [1.29, 1.82) is 0 Å². The Bertz CT molecular complexity index is 2000. The largest absolute Gasteiger partial charge is 0.714 e. The Labute approximate surface area is 392 Å². The van der Waals surface area contributed by atoms with Crippen LogP contribution in [0.25, 0.3) is 11.2 Å². The van der Waals surface area contributed by atoms with E-state index in [1.807, 2.05) is 0 Å². The van der Waals surface area contributed by atoms with Gasteiger partial charge in [-0.15, -0.1) is 4.67 Å². The number of unbranched alkanes of at least 4 members (excludes halogenated alkanes) is 12. The van der Waals surface area contributed by atoms with Crippen molar-refractivity contribution >= 4 is 69.1 Å². The number of rotatable bonds is 35. The lowest BCUT2D eigenvalue weighted by Gasteiger charge is -2.29. The highest BCUT2D eigenvalue weighted by Crippen LogP contribution is 2.63. The van der Waals surface area contributed by atoms with E-state index >= 15 is 0 Å². The van der Waals surface area contributed by atoms with Gasteiger partial charge in [0.2, 0.25) is 11.8 Å². The maximum atomic E-state index is 12.8. The standard InChI is InChI=1S/C37H66N7O19P3S/c1-4-5-6-7-8-9-10-11-12-13-14-15-16-17-28(46)67-21-20-39-27(45)18-19-40-35(49)32(48)37(2,3)23-57-62-66(56,61-50)63-65(54,55)58-22-26-31(60-64(51,52)53)30(47)36(59-26)44-25-43-29-33(38)41-24-42-34(29)44/h24-26,30-32,36,47-48,50H,4-23H2,1-3H3,(H,39,45)(H,40,49)(H,54,55)(H2,38,41,42)(H2,51,52,53)/p-1. The van der Waals surface area contributed by atoms with Crippen LogP contribution in [0, 0.1) is 5.41 Å². The van der Waals surface area contributed by atoms with Crippen LogP contribution in [0.15, 0.2) is 12.7 Å². The van der Waals surface area contributed by atoms with Gasteiger partial charge in [-0.05, 0) is 6.42 Å². The van der Waals surface area contributed by atoms with E-state index in [2.05, 4.69) is 55.6 Å². The van der Waals surface area contributed by atoms with Crippen LogP contribution >= 0.6 is 35.2 Å². The molecule has 0 saturated carbocycles. The first kappa shape index (κ1) is 58.8. The molecule has 9 N–H and O–H groups in total. The first-order valence-electron chi connectivity index (χ1n) is 21.9. The minimum absolute atomic E-state index is 0.0112. The van der Waals surface area contributed by atoms with Crippen LogP contribution in [-0.4, -0.2) is 118 Å². The van der Waals surface area contributed by atoms with Crippen LogP contribution in [0.2, 0.25) is 0 Å². The summed E-state index contributed by atoms with van der Waals surface area (Å²) in [5, 5.41) is 37.9. The second kappa shape index (κ2) is 29.0. The predicted molar refractivity (Wildman–Crippen MR) is 237 cm³/mol. The molecular weight excluding hydrogens is 971 g/mol.